The number of ether oxygens (including phenoxy) is 3. The Morgan fingerprint density at radius 1 is 0.613 bits per heavy atom. The zero-order valence-corrected chi connectivity index (χ0v) is 17.9. The third-order valence-corrected chi connectivity index (χ3v) is 5.59. The number of rotatable bonds is 10. The summed E-state index contributed by atoms with van der Waals surface area (Å²) in [6, 6.07) is 30.5. The smallest absolute Gasteiger partial charge is 0.300 e. The van der Waals surface area contributed by atoms with E-state index >= 15 is 0 Å². The Kier molecular flexibility index (Phi) is 7.86. The number of hydrogen-bond acceptors (Lipinski definition) is 4. The summed E-state index contributed by atoms with van der Waals surface area (Å²) in [5.41, 5.74) is 3.28. The van der Waals surface area contributed by atoms with E-state index in [2.05, 4.69) is 41.7 Å². The SMILES string of the molecule is c1ccc(COC(OCc2ccccc2)(OCc2ccccc2)C2CCCCN2)cc1. The Morgan fingerprint density at radius 2 is 1.03 bits per heavy atom. The van der Waals surface area contributed by atoms with E-state index in [0.29, 0.717) is 19.8 Å². The Hall–Kier alpha value is -2.50. The van der Waals surface area contributed by atoms with Crippen LogP contribution in [0.5, 0.6) is 0 Å². The van der Waals surface area contributed by atoms with Crippen LogP contribution in [0.4, 0.5) is 0 Å². The summed E-state index contributed by atoms with van der Waals surface area (Å²) in [4.78, 5) is 0. The van der Waals surface area contributed by atoms with Crippen molar-refractivity contribution in [2.75, 3.05) is 6.54 Å². The Balaban J connectivity index is 1.57. The third-order valence-electron chi connectivity index (χ3n) is 5.59. The van der Waals surface area contributed by atoms with Crippen molar-refractivity contribution in [3.8, 4) is 0 Å². The highest BCUT2D eigenvalue weighted by atomic mass is 16.9. The van der Waals surface area contributed by atoms with Crippen molar-refractivity contribution in [1.82, 2.24) is 5.32 Å². The molecule has 1 aliphatic heterocycles. The minimum Gasteiger partial charge on any atom is -0.321 e. The molecule has 0 radical (unpaired) electrons. The topological polar surface area (TPSA) is 39.7 Å². The number of nitrogens with one attached hydrogen (secondary N) is 1. The summed E-state index contributed by atoms with van der Waals surface area (Å²) in [6.07, 6.45) is 3.22. The molecule has 0 saturated carbocycles. The molecule has 1 unspecified atom stereocenters. The van der Waals surface area contributed by atoms with Crippen LogP contribution < -0.4 is 5.32 Å². The first-order valence-corrected chi connectivity index (χ1v) is 11.1. The minimum atomic E-state index is -1.18. The van der Waals surface area contributed by atoms with Gasteiger partial charge in [-0.2, -0.15) is 0 Å². The third kappa shape index (κ3) is 6.25. The molecule has 1 heterocycles. The summed E-state index contributed by atoms with van der Waals surface area (Å²) in [6.45, 7) is 2.19. The second-order valence-corrected chi connectivity index (χ2v) is 7.93. The predicted octanol–water partition coefficient (Wildman–Crippen LogP) is 5.43. The predicted molar refractivity (Wildman–Crippen MR) is 122 cm³/mol. The van der Waals surface area contributed by atoms with Gasteiger partial charge in [-0.15, -0.1) is 0 Å². The first-order valence-electron chi connectivity index (χ1n) is 11.1. The van der Waals surface area contributed by atoms with Gasteiger partial charge >= 0.3 is 0 Å². The Labute approximate surface area is 185 Å². The van der Waals surface area contributed by atoms with Crippen LogP contribution in [0.1, 0.15) is 36.0 Å². The molecule has 0 bridgehead atoms. The molecule has 1 N–H and O–H groups in total. The molecule has 3 aromatic rings. The van der Waals surface area contributed by atoms with Crippen molar-refractivity contribution >= 4 is 0 Å². The fraction of sp³-hybridized carbons (Fsp3) is 0.333. The second kappa shape index (κ2) is 11.2. The highest BCUT2D eigenvalue weighted by Crippen LogP contribution is 2.30. The molecule has 0 aromatic heterocycles. The lowest BCUT2D eigenvalue weighted by atomic mass is 10.0. The van der Waals surface area contributed by atoms with E-state index in [4.69, 9.17) is 14.2 Å². The van der Waals surface area contributed by atoms with Crippen molar-refractivity contribution < 1.29 is 14.2 Å². The molecule has 1 atom stereocenters. The van der Waals surface area contributed by atoms with Gasteiger partial charge in [0.2, 0.25) is 0 Å². The molecule has 0 amide bonds. The second-order valence-electron chi connectivity index (χ2n) is 7.93. The van der Waals surface area contributed by atoms with Crippen LogP contribution in [0.2, 0.25) is 0 Å². The van der Waals surface area contributed by atoms with Crippen molar-refractivity contribution in [2.45, 2.75) is 51.1 Å². The lowest BCUT2D eigenvalue weighted by Crippen LogP contribution is -2.57. The highest BCUT2D eigenvalue weighted by Gasteiger charge is 2.44. The highest BCUT2D eigenvalue weighted by molar-refractivity contribution is 5.15. The van der Waals surface area contributed by atoms with Gasteiger partial charge in [-0.25, -0.2) is 0 Å². The van der Waals surface area contributed by atoms with E-state index in [1.165, 1.54) is 0 Å². The standard InChI is InChI=1S/C27H31NO3/c1-4-12-23(13-5-1)20-29-27(26-18-10-11-19-28-26,30-21-24-14-6-2-7-15-24)31-22-25-16-8-3-9-17-25/h1-9,12-17,26,28H,10-11,18-22H2. The van der Waals surface area contributed by atoms with Crippen LogP contribution in [-0.4, -0.2) is 18.6 Å². The van der Waals surface area contributed by atoms with Gasteiger partial charge in [0.1, 0.15) is 0 Å². The largest absolute Gasteiger partial charge is 0.321 e. The van der Waals surface area contributed by atoms with Crippen molar-refractivity contribution in [1.29, 1.82) is 0 Å². The summed E-state index contributed by atoms with van der Waals surface area (Å²) in [5.74, 6) is -1.18. The van der Waals surface area contributed by atoms with Crippen LogP contribution in [0.15, 0.2) is 91.0 Å². The molecule has 162 valence electrons. The van der Waals surface area contributed by atoms with E-state index in [9.17, 15) is 0 Å². The molecule has 4 heteroatoms. The molecule has 4 nitrogen and oxygen atoms in total. The van der Waals surface area contributed by atoms with Crippen molar-refractivity contribution in [2.24, 2.45) is 0 Å². The van der Waals surface area contributed by atoms with Gasteiger partial charge in [-0.1, -0.05) is 97.4 Å². The molecule has 1 saturated heterocycles. The maximum atomic E-state index is 6.49. The molecule has 1 aliphatic rings. The quantitative estimate of drug-likeness (QED) is 0.446. The van der Waals surface area contributed by atoms with E-state index in [1.54, 1.807) is 0 Å². The lowest BCUT2D eigenvalue weighted by Gasteiger charge is -2.41. The van der Waals surface area contributed by atoms with Crippen molar-refractivity contribution in [3.05, 3.63) is 108 Å². The molecular formula is C27H31NO3. The zero-order chi connectivity index (χ0) is 21.2. The summed E-state index contributed by atoms with van der Waals surface area (Å²) in [5, 5.41) is 3.59. The average Bonchev–Trinajstić information content (AvgIpc) is 2.86. The van der Waals surface area contributed by atoms with Crippen LogP contribution >= 0.6 is 0 Å². The van der Waals surface area contributed by atoms with E-state index in [-0.39, 0.29) is 6.04 Å². The van der Waals surface area contributed by atoms with E-state index < -0.39 is 5.97 Å². The van der Waals surface area contributed by atoms with Gasteiger partial charge in [0.15, 0.2) is 0 Å². The molecule has 0 aliphatic carbocycles. The molecule has 1 fully saturated rings. The van der Waals surface area contributed by atoms with Crippen LogP contribution in [0, 0.1) is 0 Å². The van der Waals surface area contributed by atoms with E-state index in [1.807, 2.05) is 54.6 Å². The molecule has 0 spiro atoms. The van der Waals surface area contributed by atoms with Crippen LogP contribution in [0.25, 0.3) is 0 Å². The summed E-state index contributed by atoms with van der Waals surface area (Å²) < 4.78 is 19.5. The van der Waals surface area contributed by atoms with Crippen LogP contribution in [-0.2, 0) is 34.0 Å². The average molecular weight is 418 g/mol. The van der Waals surface area contributed by atoms with Gasteiger partial charge in [0.05, 0.1) is 25.9 Å². The molecular weight excluding hydrogens is 386 g/mol. The Bertz CT molecular complexity index is 774. The fourth-order valence-electron chi connectivity index (χ4n) is 3.85. The van der Waals surface area contributed by atoms with Gasteiger partial charge in [0.25, 0.3) is 5.97 Å². The zero-order valence-electron chi connectivity index (χ0n) is 17.9. The fourth-order valence-corrected chi connectivity index (χ4v) is 3.85. The van der Waals surface area contributed by atoms with E-state index in [0.717, 1.165) is 42.5 Å². The van der Waals surface area contributed by atoms with Crippen molar-refractivity contribution in [3.63, 3.8) is 0 Å². The number of piperidine rings is 1. The van der Waals surface area contributed by atoms with Gasteiger partial charge in [-0.05, 0) is 36.1 Å². The van der Waals surface area contributed by atoms with Gasteiger partial charge in [0, 0.05) is 0 Å². The van der Waals surface area contributed by atoms with Gasteiger partial charge in [-0.3, -0.25) is 0 Å². The first kappa shape index (κ1) is 21.7. The first-order chi connectivity index (χ1) is 15.3. The minimum absolute atomic E-state index is 0.0441. The monoisotopic (exact) mass is 417 g/mol. The maximum Gasteiger partial charge on any atom is 0.300 e. The number of hydrogen-bond donors (Lipinski definition) is 1. The lowest BCUT2D eigenvalue weighted by molar-refractivity contribution is -0.407. The maximum absolute atomic E-state index is 6.49. The summed E-state index contributed by atoms with van der Waals surface area (Å²) >= 11 is 0. The summed E-state index contributed by atoms with van der Waals surface area (Å²) in [7, 11) is 0. The normalized spacial score (nSPS) is 16.8. The molecule has 3 aromatic carbocycles. The van der Waals surface area contributed by atoms with Gasteiger partial charge < -0.3 is 19.5 Å². The number of benzene rings is 3. The molecule has 4 rings (SSSR count). The van der Waals surface area contributed by atoms with Crippen LogP contribution in [0.3, 0.4) is 0 Å². The molecule has 31 heavy (non-hydrogen) atoms. The Morgan fingerprint density at radius 3 is 1.39 bits per heavy atom.